The van der Waals surface area contributed by atoms with Crippen LogP contribution in [0, 0.1) is 31.5 Å². The van der Waals surface area contributed by atoms with Gasteiger partial charge in [0, 0.05) is 43.5 Å². The van der Waals surface area contributed by atoms with Crippen molar-refractivity contribution in [1.82, 2.24) is 24.8 Å². The van der Waals surface area contributed by atoms with E-state index in [0.29, 0.717) is 52.5 Å². The summed E-state index contributed by atoms with van der Waals surface area (Å²) in [4.78, 5) is 29.4. The van der Waals surface area contributed by atoms with Gasteiger partial charge >= 0.3 is 0 Å². The number of hydrogen-bond donors (Lipinski definition) is 1. The number of amides is 1. The number of sulfonamides is 1. The fourth-order valence-corrected chi connectivity index (χ4v) is 4.50. The number of pyridine rings is 1. The number of benzene rings is 1. The monoisotopic (exact) mass is 522 g/mol. The maximum absolute atomic E-state index is 15.1. The number of anilines is 1. The third-order valence-electron chi connectivity index (χ3n) is 6.01. The van der Waals surface area contributed by atoms with Crippen LogP contribution in [0.3, 0.4) is 0 Å². The minimum absolute atomic E-state index is 0.0170. The van der Waals surface area contributed by atoms with Gasteiger partial charge in [0.05, 0.1) is 40.2 Å². The molecule has 2 aromatic heterocycles. The minimum Gasteiger partial charge on any atom is -0.336 e. The first kappa shape index (κ1) is 26.2. The van der Waals surface area contributed by atoms with Gasteiger partial charge in [-0.1, -0.05) is 17.9 Å². The highest BCUT2D eigenvalue weighted by molar-refractivity contribution is 7.92. The molecule has 1 aliphatic heterocycles. The molecule has 1 N–H and O–H groups in total. The molecule has 0 aliphatic carbocycles. The van der Waals surface area contributed by atoms with Crippen LogP contribution in [-0.4, -0.2) is 78.6 Å². The highest BCUT2D eigenvalue weighted by Gasteiger charge is 2.23. The number of likely N-dealkylation sites (N-methyl/N-ethyl adjacent to an activating group) is 1. The number of carbonyl (C=O) groups is 1. The van der Waals surface area contributed by atoms with Crippen LogP contribution in [0.15, 0.2) is 36.8 Å². The summed E-state index contributed by atoms with van der Waals surface area (Å²) in [5.41, 5.74) is 3.29. The normalized spacial score (nSPS) is 14.1. The predicted molar refractivity (Wildman–Crippen MR) is 139 cm³/mol. The fourth-order valence-electron chi connectivity index (χ4n) is 3.90. The summed E-state index contributed by atoms with van der Waals surface area (Å²) in [5.74, 6) is 5.03. The Morgan fingerprint density at radius 3 is 2.43 bits per heavy atom. The molecule has 1 fully saturated rings. The van der Waals surface area contributed by atoms with Gasteiger partial charge in [-0.25, -0.2) is 22.8 Å². The Morgan fingerprint density at radius 2 is 1.76 bits per heavy atom. The maximum atomic E-state index is 15.1. The molecule has 0 unspecified atom stereocenters. The van der Waals surface area contributed by atoms with Gasteiger partial charge < -0.3 is 9.80 Å². The average molecular weight is 523 g/mol. The minimum atomic E-state index is -3.48. The number of halogens is 1. The lowest BCUT2D eigenvalue weighted by molar-refractivity contribution is 0.0659. The number of rotatable bonds is 4. The number of hydrogen-bond acceptors (Lipinski definition) is 7. The molecule has 192 valence electrons. The van der Waals surface area contributed by atoms with Crippen molar-refractivity contribution in [2.75, 3.05) is 44.2 Å². The van der Waals surface area contributed by atoms with E-state index in [1.807, 2.05) is 7.05 Å². The lowest BCUT2D eigenvalue weighted by Gasteiger charge is -2.32. The van der Waals surface area contributed by atoms with Crippen LogP contribution in [-0.2, 0) is 10.0 Å². The standard InChI is InChI=1S/C26H27FN6O3S/c1-17-21(7-5-19-13-24(18(2)28-15-19)31-37(4,35)36)25(30-16-29-17)20-6-8-22(23(27)14-20)26(34)33-11-9-32(3)10-12-33/h6,8,13-16,31H,9-12H2,1-4H3. The summed E-state index contributed by atoms with van der Waals surface area (Å²) < 4.78 is 40.8. The SMILES string of the molecule is Cc1ncc(C#Cc2c(C)ncnc2-c2ccc(C(=O)N3CCN(C)CC3)c(F)c2)cc1NS(C)(=O)=O. The van der Waals surface area contributed by atoms with E-state index in [1.54, 1.807) is 30.9 Å². The number of aromatic nitrogens is 3. The van der Waals surface area contributed by atoms with Gasteiger partial charge in [0.25, 0.3) is 5.91 Å². The van der Waals surface area contributed by atoms with Crippen molar-refractivity contribution in [3.63, 3.8) is 0 Å². The molecule has 3 heterocycles. The molecule has 1 aromatic carbocycles. The van der Waals surface area contributed by atoms with Crippen molar-refractivity contribution in [2.24, 2.45) is 0 Å². The van der Waals surface area contributed by atoms with Crippen LogP contribution in [0.2, 0.25) is 0 Å². The van der Waals surface area contributed by atoms with Crippen molar-refractivity contribution in [3.05, 3.63) is 70.7 Å². The molecule has 3 aromatic rings. The zero-order chi connectivity index (χ0) is 26.7. The molecule has 0 spiro atoms. The first-order valence-corrected chi connectivity index (χ1v) is 13.5. The van der Waals surface area contributed by atoms with E-state index in [9.17, 15) is 13.2 Å². The zero-order valence-electron chi connectivity index (χ0n) is 21.0. The van der Waals surface area contributed by atoms with E-state index in [2.05, 4.69) is 36.4 Å². The van der Waals surface area contributed by atoms with Crippen LogP contribution >= 0.6 is 0 Å². The van der Waals surface area contributed by atoms with Crippen LogP contribution in [0.25, 0.3) is 11.3 Å². The van der Waals surface area contributed by atoms with E-state index < -0.39 is 15.8 Å². The van der Waals surface area contributed by atoms with Crippen molar-refractivity contribution in [2.45, 2.75) is 13.8 Å². The second-order valence-electron chi connectivity index (χ2n) is 8.95. The van der Waals surface area contributed by atoms with E-state index in [-0.39, 0.29) is 11.5 Å². The van der Waals surface area contributed by atoms with Crippen LogP contribution in [0.1, 0.15) is 32.9 Å². The second kappa shape index (κ2) is 10.6. The number of nitrogens with one attached hydrogen (secondary N) is 1. The summed E-state index contributed by atoms with van der Waals surface area (Å²) in [5, 5.41) is 0. The van der Waals surface area contributed by atoms with Crippen molar-refractivity contribution in [3.8, 4) is 23.1 Å². The van der Waals surface area contributed by atoms with E-state index in [4.69, 9.17) is 0 Å². The lowest BCUT2D eigenvalue weighted by atomic mass is 10.0. The first-order chi connectivity index (χ1) is 17.5. The molecular formula is C26H27FN6O3S. The number of piperazine rings is 1. The van der Waals surface area contributed by atoms with Crippen LogP contribution < -0.4 is 4.72 Å². The Hall–Kier alpha value is -3.88. The smallest absolute Gasteiger partial charge is 0.256 e. The van der Waals surface area contributed by atoms with Crippen molar-refractivity contribution in [1.29, 1.82) is 0 Å². The van der Waals surface area contributed by atoms with Gasteiger partial charge in [-0.15, -0.1) is 0 Å². The Bertz CT molecular complexity index is 1520. The zero-order valence-corrected chi connectivity index (χ0v) is 21.9. The average Bonchev–Trinajstić information content (AvgIpc) is 2.84. The quantitative estimate of drug-likeness (QED) is 0.525. The summed E-state index contributed by atoms with van der Waals surface area (Å²) in [6, 6.07) is 6.01. The van der Waals surface area contributed by atoms with E-state index >= 15 is 4.39 Å². The molecule has 9 nitrogen and oxygen atoms in total. The highest BCUT2D eigenvalue weighted by atomic mass is 32.2. The third kappa shape index (κ3) is 6.28. The number of nitrogens with zero attached hydrogens (tertiary/aromatic N) is 5. The molecule has 1 aliphatic rings. The van der Waals surface area contributed by atoms with Crippen molar-refractivity contribution >= 4 is 21.6 Å². The van der Waals surface area contributed by atoms with Gasteiger partial charge in [-0.2, -0.15) is 0 Å². The van der Waals surface area contributed by atoms with Gasteiger partial charge in [-0.3, -0.25) is 14.5 Å². The maximum Gasteiger partial charge on any atom is 0.256 e. The molecule has 0 bridgehead atoms. The summed E-state index contributed by atoms with van der Waals surface area (Å²) in [7, 11) is -1.49. The molecule has 37 heavy (non-hydrogen) atoms. The second-order valence-corrected chi connectivity index (χ2v) is 10.7. The molecule has 0 saturated carbocycles. The molecule has 0 radical (unpaired) electrons. The summed E-state index contributed by atoms with van der Waals surface area (Å²) in [6.07, 6.45) is 3.97. The van der Waals surface area contributed by atoms with Gasteiger partial charge in [0.2, 0.25) is 10.0 Å². The molecule has 4 rings (SSSR count). The number of carbonyl (C=O) groups excluding carboxylic acids is 1. The van der Waals surface area contributed by atoms with E-state index in [0.717, 1.165) is 19.3 Å². The molecule has 1 saturated heterocycles. The summed E-state index contributed by atoms with van der Waals surface area (Å²) >= 11 is 0. The highest BCUT2D eigenvalue weighted by Crippen LogP contribution is 2.25. The first-order valence-electron chi connectivity index (χ1n) is 11.6. The van der Waals surface area contributed by atoms with Crippen LogP contribution in [0.4, 0.5) is 10.1 Å². The topological polar surface area (TPSA) is 108 Å². The molecule has 0 atom stereocenters. The molecule has 11 heteroatoms. The summed E-state index contributed by atoms with van der Waals surface area (Å²) in [6.45, 7) is 6.05. The Kier molecular flexibility index (Phi) is 7.52. The Labute approximate surface area is 215 Å². The van der Waals surface area contributed by atoms with E-state index in [1.165, 1.54) is 24.7 Å². The van der Waals surface area contributed by atoms with Crippen LogP contribution in [0.5, 0.6) is 0 Å². The molecule has 1 amide bonds. The van der Waals surface area contributed by atoms with Gasteiger partial charge in [-0.05, 0) is 39.1 Å². The number of aryl methyl sites for hydroxylation is 2. The third-order valence-corrected chi connectivity index (χ3v) is 6.61. The lowest BCUT2D eigenvalue weighted by Crippen LogP contribution is -2.47. The van der Waals surface area contributed by atoms with Gasteiger partial charge in [0.15, 0.2) is 0 Å². The fraction of sp³-hybridized carbons (Fsp3) is 0.308. The molecular weight excluding hydrogens is 495 g/mol. The Morgan fingerprint density at radius 1 is 1.03 bits per heavy atom. The van der Waals surface area contributed by atoms with Gasteiger partial charge in [0.1, 0.15) is 12.1 Å². The van der Waals surface area contributed by atoms with Crippen molar-refractivity contribution < 1.29 is 17.6 Å². The Balaban J connectivity index is 1.65. The largest absolute Gasteiger partial charge is 0.336 e. The predicted octanol–water partition coefficient (Wildman–Crippen LogP) is 2.45.